The first-order valence-corrected chi connectivity index (χ1v) is 13.7. The van der Waals surface area contributed by atoms with Crippen molar-refractivity contribution in [2.75, 3.05) is 18.6 Å². The molecule has 208 valence electrons. The molecule has 1 aromatic carbocycles. The van der Waals surface area contributed by atoms with E-state index in [0.717, 1.165) is 0 Å². The Balaban J connectivity index is 1.48. The molecule has 0 saturated carbocycles. The molecule has 1 unspecified atom stereocenters. The summed E-state index contributed by atoms with van der Waals surface area (Å²) in [5.41, 5.74) is 5.98. The lowest BCUT2D eigenvalue weighted by molar-refractivity contribution is -0.149. The van der Waals surface area contributed by atoms with E-state index in [9.17, 15) is 18.9 Å². The van der Waals surface area contributed by atoms with Crippen LogP contribution >= 0.6 is 7.75 Å². The number of aromatic nitrogens is 2. The molecule has 3 heterocycles. The van der Waals surface area contributed by atoms with Crippen LogP contribution in [-0.4, -0.2) is 58.1 Å². The molecule has 0 aliphatic carbocycles. The maximum atomic E-state index is 14.0. The second-order valence-corrected chi connectivity index (χ2v) is 10.9. The minimum atomic E-state index is -4.15. The Labute approximate surface area is 219 Å². The zero-order valence-electron chi connectivity index (χ0n) is 21.2. The van der Waals surface area contributed by atoms with Gasteiger partial charge in [-0.1, -0.05) is 18.2 Å². The number of hydrogen-bond donors (Lipinski definition) is 4. The van der Waals surface area contributed by atoms with Crippen molar-refractivity contribution >= 4 is 25.5 Å². The second kappa shape index (κ2) is 11.8. The average Bonchev–Trinajstić information content (AvgIpc) is 3.47. The van der Waals surface area contributed by atoms with Crippen molar-refractivity contribution in [1.29, 1.82) is 0 Å². The van der Waals surface area contributed by atoms with Gasteiger partial charge in [0, 0.05) is 12.3 Å². The van der Waals surface area contributed by atoms with E-state index >= 15 is 0 Å². The number of esters is 1. The number of alkyl halides is 1. The number of guanidine groups is 1. The zero-order chi connectivity index (χ0) is 27.4. The summed E-state index contributed by atoms with van der Waals surface area (Å²) >= 11 is 0. The number of halogens is 1. The van der Waals surface area contributed by atoms with Crippen molar-refractivity contribution < 1.29 is 37.4 Å². The van der Waals surface area contributed by atoms with Crippen LogP contribution in [-0.2, 0) is 23.4 Å². The van der Waals surface area contributed by atoms with Gasteiger partial charge in [-0.25, -0.2) is 14.5 Å². The van der Waals surface area contributed by atoms with Gasteiger partial charge in [-0.05, 0) is 32.9 Å². The van der Waals surface area contributed by atoms with E-state index < -0.39 is 50.9 Å². The van der Waals surface area contributed by atoms with Crippen molar-refractivity contribution in [2.45, 2.75) is 57.9 Å². The number of carbonyl (C=O) groups is 1. The Morgan fingerprint density at radius 3 is 2.79 bits per heavy atom. The van der Waals surface area contributed by atoms with Gasteiger partial charge in [0.15, 0.2) is 12.2 Å². The first kappa shape index (κ1) is 28.0. The fourth-order valence-electron chi connectivity index (χ4n) is 4.06. The third-order valence-corrected chi connectivity index (χ3v) is 7.52. The normalized spacial score (nSPS) is 25.2. The van der Waals surface area contributed by atoms with E-state index in [2.05, 4.69) is 20.4 Å². The molecular formula is C23H32FN6O7P. The number of anilines is 1. The van der Waals surface area contributed by atoms with Crippen LogP contribution in [0.3, 0.4) is 0 Å². The molecule has 0 spiro atoms. The predicted octanol–water partition coefficient (Wildman–Crippen LogP) is 2.62. The lowest BCUT2D eigenvalue weighted by atomic mass is 10.0. The number of fused-ring (bicyclic) bond motifs is 1. The van der Waals surface area contributed by atoms with Gasteiger partial charge in [0.05, 0.1) is 31.8 Å². The molecule has 0 amide bonds. The molecule has 1 aromatic heterocycles. The summed E-state index contributed by atoms with van der Waals surface area (Å²) in [4.78, 5) is 20.3. The van der Waals surface area contributed by atoms with Gasteiger partial charge in [-0.2, -0.15) is 5.09 Å². The van der Waals surface area contributed by atoms with Crippen LogP contribution in [0.5, 0.6) is 5.75 Å². The first-order valence-electron chi connectivity index (χ1n) is 12.1. The quantitative estimate of drug-likeness (QED) is 0.238. The highest BCUT2D eigenvalue weighted by molar-refractivity contribution is 7.52. The Bertz CT molecular complexity index is 1200. The van der Waals surface area contributed by atoms with Crippen molar-refractivity contribution in [1.82, 2.24) is 14.6 Å². The number of nitrogens with one attached hydrogen (secondary N) is 2. The van der Waals surface area contributed by atoms with Gasteiger partial charge in [0.25, 0.3) is 0 Å². The fourth-order valence-corrected chi connectivity index (χ4v) is 5.56. The monoisotopic (exact) mass is 554 g/mol. The molecule has 6 atom stereocenters. The molecule has 13 nitrogen and oxygen atoms in total. The van der Waals surface area contributed by atoms with Crippen LogP contribution < -0.4 is 20.7 Å². The molecule has 1 saturated heterocycles. The summed E-state index contributed by atoms with van der Waals surface area (Å²) in [6.07, 6.45) is -1.41. The third kappa shape index (κ3) is 6.51. The number of ether oxygens (including phenoxy) is 2. The topological polar surface area (TPSA) is 172 Å². The number of para-hydroxylation sites is 1. The number of aliphatic hydroxyl groups is 1. The Morgan fingerprint density at radius 2 is 2.11 bits per heavy atom. The average molecular weight is 555 g/mol. The highest BCUT2D eigenvalue weighted by Gasteiger charge is 2.41. The number of carbonyl (C=O) groups excluding carboxylic acids is 1. The van der Waals surface area contributed by atoms with Crippen molar-refractivity contribution in [3.8, 4) is 5.75 Å². The Hall–Kier alpha value is -3.03. The predicted molar refractivity (Wildman–Crippen MR) is 135 cm³/mol. The van der Waals surface area contributed by atoms with Crippen molar-refractivity contribution in [3.05, 3.63) is 42.4 Å². The molecular weight excluding hydrogens is 522 g/mol. The maximum absolute atomic E-state index is 14.0. The summed E-state index contributed by atoms with van der Waals surface area (Å²) in [5, 5.41) is 15.5. The van der Waals surface area contributed by atoms with E-state index in [1.807, 2.05) is 0 Å². The SMILES string of the molecule is CC(C)OC(=O)[C@H](C)N[P@@](=O)(OC[C@H]1O[C@@H](n2cnc3c2NC(N)=NC3O)C[C@@H]1CF)Oc1ccccc1. The lowest BCUT2D eigenvalue weighted by Crippen LogP contribution is -2.37. The zero-order valence-corrected chi connectivity index (χ0v) is 22.1. The summed E-state index contributed by atoms with van der Waals surface area (Å²) in [6.45, 7) is 3.84. The Kier molecular flexibility index (Phi) is 8.68. The summed E-state index contributed by atoms with van der Waals surface area (Å²) in [5.74, 6) is -0.616. The second-order valence-electron chi connectivity index (χ2n) is 9.21. The number of nitrogens with two attached hydrogens (primary N) is 1. The number of nitrogens with zero attached hydrogens (tertiary/aromatic N) is 3. The maximum Gasteiger partial charge on any atom is 0.459 e. The first-order chi connectivity index (χ1) is 18.1. The number of aliphatic hydroxyl groups excluding tert-OH is 1. The van der Waals surface area contributed by atoms with E-state index in [-0.39, 0.29) is 36.5 Å². The van der Waals surface area contributed by atoms with Crippen molar-refractivity contribution in [3.63, 3.8) is 0 Å². The number of imidazole rings is 1. The van der Waals surface area contributed by atoms with E-state index in [1.165, 1.54) is 13.3 Å². The van der Waals surface area contributed by atoms with Gasteiger partial charge in [0.1, 0.15) is 29.5 Å². The molecule has 0 bridgehead atoms. The standard InChI is InChI=1S/C23H32FN6O7P/c1-13(2)35-22(32)14(3)29-38(33,37-16-7-5-4-6-8-16)34-11-17-15(10-24)9-18(36-17)30-12-26-19-20(30)27-23(25)28-21(19)31/h4-8,12-15,17-18,21,31H,9-11H2,1-3H3,(H,29,33)(H3,25,27,28)/t14-,15+,17+,18+,21?,38+/m0/s1. The Morgan fingerprint density at radius 1 is 1.37 bits per heavy atom. The minimum absolute atomic E-state index is 0.00172. The number of benzene rings is 1. The van der Waals surface area contributed by atoms with Crippen LogP contribution in [0.25, 0.3) is 0 Å². The third-order valence-electron chi connectivity index (χ3n) is 5.88. The highest BCUT2D eigenvalue weighted by Crippen LogP contribution is 2.47. The largest absolute Gasteiger partial charge is 0.462 e. The highest BCUT2D eigenvalue weighted by atomic mass is 31.2. The smallest absolute Gasteiger partial charge is 0.459 e. The molecule has 2 aliphatic heterocycles. The molecule has 0 radical (unpaired) electrons. The van der Waals surface area contributed by atoms with Gasteiger partial charge >= 0.3 is 13.7 Å². The van der Waals surface area contributed by atoms with Crippen LogP contribution in [0.2, 0.25) is 0 Å². The molecule has 2 aliphatic rings. The lowest BCUT2D eigenvalue weighted by Gasteiger charge is -2.25. The van der Waals surface area contributed by atoms with Crippen molar-refractivity contribution in [2.24, 2.45) is 16.6 Å². The van der Waals surface area contributed by atoms with Gasteiger partial charge < -0.3 is 30.2 Å². The number of hydrogen-bond acceptors (Lipinski definition) is 11. The van der Waals surface area contributed by atoms with Gasteiger partial charge in [0.2, 0.25) is 0 Å². The molecule has 2 aromatic rings. The van der Waals surface area contributed by atoms with Crippen LogP contribution in [0.15, 0.2) is 41.7 Å². The molecule has 1 fully saturated rings. The van der Waals surface area contributed by atoms with E-state index in [1.54, 1.807) is 48.7 Å². The number of aliphatic imine (C=N–C) groups is 1. The summed E-state index contributed by atoms with van der Waals surface area (Å²) in [6, 6.07) is 7.28. The summed E-state index contributed by atoms with van der Waals surface area (Å²) in [7, 11) is -4.15. The molecule has 5 N–H and O–H groups in total. The van der Waals surface area contributed by atoms with Crippen LogP contribution in [0, 0.1) is 5.92 Å². The fraction of sp³-hybridized carbons (Fsp3) is 0.522. The number of rotatable bonds is 11. The molecule has 15 heteroatoms. The summed E-state index contributed by atoms with van der Waals surface area (Å²) < 4.78 is 51.9. The molecule has 38 heavy (non-hydrogen) atoms. The van der Waals surface area contributed by atoms with E-state index in [4.69, 9.17) is 24.3 Å². The van der Waals surface area contributed by atoms with Gasteiger partial charge in [-0.3, -0.25) is 18.3 Å². The van der Waals surface area contributed by atoms with Gasteiger partial charge in [-0.15, -0.1) is 0 Å². The molecule has 4 rings (SSSR count). The van der Waals surface area contributed by atoms with Crippen LogP contribution in [0.4, 0.5) is 10.2 Å². The minimum Gasteiger partial charge on any atom is -0.462 e. The van der Waals surface area contributed by atoms with Crippen LogP contribution in [0.1, 0.15) is 45.3 Å². The van der Waals surface area contributed by atoms with E-state index in [0.29, 0.717) is 5.82 Å².